The van der Waals surface area contributed by atoms with Gasteiger partial charge in [-0.05, 0) is 37.6 Å². The van der Waals surface area contributed by atoms with Crippen molar-refractivity contribution in [2.75, 3.05) is 6.61 Å². The van der Waals surface area contributed by atoms with Crippen molar-refractivity contribution in [1.82, 2.24) is 5.43 Å². The summed E-state index contributed by atoms with van der Waals surface area (Å²) in [7, 11) is 0. The van der Waals surface area contributed by atoms with E-state index in [9.17, 15) is 4.79 Å². The molecule has 1 aromatic rings. The number of nitrogens with one attached hydrogen (secondary N) is 1. The van der Waals surface area contributed by atoms with Crippen LogP contribution < -0.4 is 10.2 Å². The molecule has 0 saturated carbocycles. The van der Waals surface area contributed by atoms with Crippen LogP contribution in [0.15, 0.2) is 23.3 Å². The topological polar surface area (TPSA) is 50.7 Å². The molecule has 0 saturated heterocycles. The second-order valence-electron chi connectivity index (χ2n) is 5.68. The molecule has 1 amide bonds. The van der Waals surface area contributed by atoms with Crippen molar-refractivity contribution in [1.29, 1.82) is 0 Å². The Morgan fingerprint density at radius 1 is 1.40 bits per heavy atom. The van der Waals surface area contributed by atoms with E-state index >= 15 is 0 Å². The molecule has 0 bridgehead atoms. The van der Waals surface area contributed by atoms with E-state index in [-0.39, 0.29) is 17.9 Å². The zero-order chi connectivity index (χ0) is 15.3. The minimum absolute atomic E-state index is 0.0685. The maximum Gasteiger partial charge on any atom is 0.277 e. The highest BCUT2D eigenvalue weighted by Gasteiger charge is 2.14. The van der Waals surface area contributed by atoms with Crippen molar-refractivity contribution in [3.63, 3.8) is 0 Å². The number of nitrogens with zero attached hydrogens (tertiary/aromatic N) is 1. The zero-order valence-corrected chi connectivity index (χ0v) is 13.3. The van der Waals surface area contributed by atoms with Gasteiger partial charge in [0.05, 0.1) is 0 Å². The highest BCUT2D eigenvalue weighted by Crippen LogP contribution is 2.21. The summed E-state index contributed by atoms with van der Waals surface area (Å²) in [6.07, 6.45) is 0. The third kappa shape index (κ3) is 5.21. The van der Waals surface area contributed by atoms with Crippen LogP contribution in [0.5, 0.6) is 5.75 Å². The molecule has 1 aromatic carbocycles. The van der Waals surface area contributed by atoms with Crippen LogP contribution in [0.25, 0.3) is 0 Å². The van der Waals surface area contributed by atoms with Crippen LogP contribution in [0.2, 0.25) is 5.02 Å². The molecule has 1 rings (SSSR count). The van der Waals surface area contributed by atoms with Gasteiger partial charge in [0.15, 0.2) is 6.61 Å². The quantitative estimate of drug-likeness (QED) is 0.682. The van der Waals surface area contributed by atoms with Crippen LogP contribution in [0, 0.1) is 12.3 Å². The predicted molar refractivity (Wildman–Crippen MR) is 82.4 cm³/mol. The third-order valence-electron chi connectivity index (χ3n) is 2.93. The van der Waals surface area contributed by atoms with Crippen LogP contribution in [0.3, 0.4) is 0 Å². The Bertz CT molecular complexity index is 519. The number of ether oxygens (including phenoxy) is 1. The molecule has 0 aromatic heterocycles. The number of carbonyl (C=O) groups is 1. The van der Waals surface area contributed by atoms with Gasteiger partial charge in [-0.1, -0.05) is 32.4 Å². The van der Waals surface area contributed by atoms with Crippen molar-refractivity contribution in [2.45, 2.75) is 34.6 Å². The van der Waals surface area contributed by atoms with Crippen LogP contribution >= 0.6 is 11.6 Å². The number of benzene rings is 1. The summed E-state index contributed by atoms with van der Waals surface area (Å²) in [4.78, 5) is 11.7. The van der Waals surface area contributed by atoms with Crippen molar-refractivity contribution in [2.24, 2.45) is 10.5 Å². The molecular weight excluding hydrogens is 276 g/mol. The van der Waals surface area contributed by atoms with Gasteiger partial charge < -0.3 is 4.74 Å². The average Bonchev–Trinajstić information content (AvgIpc) is 2.33. The summed E-state index contributed by atoms with van der Waals surface area (Å²) >= 11 is 5.85. The molecule has 5 heteroatoms. The average molecular weight is 297 g/mol. The number of halogens is 1. The van der Waals surface area contributed by atoms with Crippen molar-refractivity contribution in [3.8, 4) is 5.75 Å². The summed E-state index contributed by atoms with van der Waals surface area (Å²) in [6.45, 7) is 9.78. The standard InChI is InChI=1S/C15H21ClN2O2/c1-10-8-12(16)6-7-13(10)20-9-14(19)18-17-11(2)15(3,4)5/h6-8H,9H2,1-5H3,(H,18,19)/b17-11+. The van der Waals surface area contributed by atoms with E-state index in [1.165, 1.54) is 0 Å². The van der Waals surface area contributed by atoms with Crippen molar-refractivity contribution in [3.05, 3.63) is 28.8 Å². The van der Waals surface area contributed by atoms with Crippen LogP contribution in [0.4, 0.5) is 0 Å². The van der Waals surface area contributed by atoms with E-state index in [4.69, 9.17) is 16.3 Å². The van der Waals surface area contributed by atoms with E-state index in [0.29, 0.717) is 10.8 Å². The van der Waals surface area contributed by atoms with Crippen molar-refractivity contribution < 1.29 is 9.53 Å². The monoisotopic (exact) mass is 296 g/mol. The maximum atomic E-state index is 11.7. The summed E-state index contributed by atoms with van der Waals surface area (Å²) in [5.74, 6) is 0.351. The van der Waals surface area contributed by atoms with E-state index in [1.54, 1.807) is 18.2 Å². The van der Waals surface area contributed by atoms with Crippen molar-refractivity contribution >= 4 is 23.2 Å². The first-order valence-corrected chi connectivity index (χ1v) is 6.80. The summed E-state index contributed by atoms with van der Waals surface area (Å²) in [5, 5.41) is 4.70. The number of aryl methyl sites for hydroxylation is 1. The first-order chi connectivity index (χ1) is 9.20. The van der Waals surface area contributed by atoms with Gasteiger partial charge in [0.2, 0.25) is 0 Å². The smallest absolute Gasteiger partial charge is 0.277 e. The fourth-order valence-corrected chi connectivity index (χ4v) is 1.49. The Morgan fingerprint density at radius 2 is 2.05 bits per heavy atom. The number of carbonyl (C=O) groups excluding carboxylic acids is 1. The molecule has 0 aliphatic heterocycles. The highest BCUT2D eigenvalue weighted by atomic mass is 35.5. The Morgan fingerprint density at radius 3 is 2.60 bits per heavy atom. The lowest BCUT2D eigenvalue weighted by atomic mass is 9.91. The SMILES string of the molecule is C/C(=N\NC(=O)COc1ccc(Cl)cc1C)C(C)(C)C. The van der Waals surface area contributed by atoms with Gasteiger partial charge in [-0.25, -0.2) is 5.43 Å². The van der Waals surface area contributed by atoms with Crippen LogP contribution in [0.1, 0.15) is 33.3 Å². The third-order valence-corrected chi connectivity index (χ3v) is 3.16. The lowest BCUT2D eigenvalue weighted by Crippen LogP contribution is -2.28. The summed E-state index contributed by atoms with van der Waals surface area (Å²) in [6, 6.07) is 5.26. The molecule has 110 valence electrons. The van der Waals surface area contributed by atoms with E-state index < -0.39 is 0 Å². The molecular formula is C15H21ClN2O2. The van der Waals surface area contributed by atoms with E-state index in [0.717, 1.165) is 11.3 Å². The molecule has 1 N–H and O–H groups in total. The fraction of sp³-hybridized carbons (Fsp3) is 0.467. The number of hydrogen-bond acceptors (Lipinski definition) is 3. The summed E-state index contributed by atoms with van der Waals surface area (Å²) < 4.78 is 5.43. The van der Waals surface area contributed by atoms with E-state index in [1.807, 2.05) is 34.6 Å². The van der Waals surface area contributed by atoms with Gasteiger partial charge in [0.1, 0.15) is 5.75 Å². The van der Waals surface area contributed by atoms with Gasteiger partial charge in [-0.2, -0.15) is 5.10 Å². The van der Waals surface area contributed by atoms with Crippen LogP contribution in [-0.2, 0) is 4.79 Å². The lowest BCUT2D eigenvalue weighted by molar-refractivity contribution is -0.123. The molecule has 0 heterocycles. The van der Waals surface area contributed by atoms with E-state index in [2.05, 4.69) is 10.5 Å². The largest absolute Gasteiger partial charge is 0.483 e. The second kappa shape index (κ2) is 6.75. The van der Waals surface area contributed by atoms with Crippen LogP contribution in [-0.4, -0.2) is 18.2 Å². The number of amides is 1. The molecule has 0 aliphatic rings. The number of hydrogen-bond donors (Lipinski definition) is 1. The van der Waals surface area contributed by atoms with Gasteiger partial charge in [0, 0.05) is 16.1 Å². The normalized spacial score (nSPS) is 12.2. The first kappa shape index (κ1) is 16.5. The Kier molecular flexibility index (Phi) is 5.57. The highest BCUT2D eigenvalue weighted by molar-refractivity contribution is 6.30. The molecule has 0 fully saturated rings. The number of rotatable bonds is 4. The zero-order valence-electron chi connectivity index (χ0n) is 12.6. The molecule has 0 spiro atoms. The van der Waals surface area contributed by atoms with Gasteiger partial charge in [0.25, 0.3) is 5.91 Å². The van der Waals surface area contributed by atoms with Gasteiger partial charge in [-0.3, -0.25) is 4.79 Å². The lowest BCUT2D eigenvalue weighted by Gasteiger charge is -2.17. The minimum Gasteiger partial charge on any atom is -0.483 e. The Balaban J connectivity index is 2.52. The minimum atomic E-state index is -0.289. The first-order valence-electron chi connectivity index (χ1n) is 6.42. The maximum absolute atomic E-state index is 11.7. The molecule has 0 radical (unpaired) electrons. The van der Waals surface area contributed by atoms with Gasteiger partial charge in [-0.15, -0.1) is 0 Å². The molecule has 4 nitrogen and oxygen atoms in total. The molecule has 0 unspecified atom stereocenters. The Hall–Kier alpha value is -1.55. The molecule has 0 atom stereocenters. The van der Waals surface area contributed by atoms with Gasteiger partial charge >= 0.3 is 0 Å². The fourth-order valence-electron chi connectivity index (χ4n) is 1.26. The summed E-state index contributed by atoms with van der Waals surface area (Å²) in [5.41, 5.74) is 4.16. The number of hydrazone groups is 1. The molecule has 0 aliphatic carbocycles. The Labute approximate surface area is 125 Å². The molecule has 20 heavy (non-hydrogen) atoms. The predicted octanol–water partition coefficient (Wildman–Crippen LogP) is 3.57. The second-order valence-corrected chi connectivity index (χ2v) is 6.12.